The molecule has 0 atom stereocenters. The maximum absolute atomic E-state index is 12.3. The zero-order valence-electron chi connectivity index (χ0n) is 12.3. The molecule has 1 saturated heterocycles. The Hall–Kier alpha value is -2.57. The number of carbonyl (C=O) groups excluding carboxylic acids is 1. The molecule has 1 aromatic heterocycles. The Bertz CT molecular complexity index is 682. The van der Waals surface area contributed by atoms with Crippen LogP contribution in [0.25, 0.3) is 0 Å². The third-order valence-electron chi connectivity index (χ3n) is 3.79. The lowest BCUT2D eigenvalue weighted by Gasteiger charge is -2.26. The summed E-state index contributed by atoms with van der Waals surface area (Å²) in [5.74, 6) is 0.640. The predicted octanol–water partition coefficient (Wildman–Crippen LogP) is 1.34. The largest absolute Gasteiger partial charge is 0.378 e. The number of hydrogen-bond donors (Lipinski definition) is 3. The Labute approximate surface area is 127 Å². The molecule has 1 aliphatic heterocycles. The lowest BCUT2D eigenvalue weighted by Crippen LogP contribution is -2.35. The number of hydrogen-bond acceptors (Lipinski definition) is 4. The van der Waals surface area contributed by atoms with E-state index in [4.69, 9.17) is 0 Å². The van der Waals surface area contributed by atoms with Crippen molar-refractivity contribution in [2.75, 3.05) is 18.4 Å². The van der Waals surface area contributed by atoms with Crippen LogP contribution in [0, 0.1) is 0 Å². The van der Waals surface area contributed by atoms with Gasteiger partial charge in [0.05, 0.1) is 6.54 Å². The first-order valence-corrected chi connectivity index (χ1v) is 7.49. The predicted molar refractivity (Wildman–Crippen MR) is 82.7 cm³/mol. The molecule has 1 aromatic carbocycles. The summed E-state index contributed by atoms with van der Waals surface area (Å²) in [6.07, 6.45) is 3.39. The Balaban J connectivity index is 1.59. The highest BCUT2D eigenvalue weighted by molar-refractivity contribution is 5.94. The molecule has 0 radical (unpaired) electrons. The van der Waals surface area contributed by atoms with Crippen molar-refractivity contribution < 1.29 is 4.79 Å². The molecule has 7 heteroatoms. The summed E-state index contributed by atoms with van der Waals surface area (Å²) in [4.78, 5) is 28.9. The van der Waals surface area contributed by atoms with E-state index in [-0.39, 0.29) is 11.6 Å². The SMILES string of the molecule is O=C(c1ccc(NCc2nc(=O)[nH][nH]2)cc1)N1CCCCC1. The molecule has 3 rings (SSSR count). The molecule has 116 valence electrons. The van der Waals surface area contributed by atoms with E-state index in [0.29, 0.717) is 17.9 Å². The van der Waals surface area contributed by atoms with E-state index in [9.17, 15) is 9.59 Å². The van der Waals surface area contributed by atoms with Crippen LogP contribution in [0.5, 0.6) is 0 Å². The normalized spacial score (nSPS) is 14.8. The second-order valence-corrected chi connectivity index (χ2v) is 5.40. The second kappa shape index (κ2) is 6.46. The fraction of sp³-hybridized carbons (Fsp3) is 0.400. The third kappa shape index (κ3) is 3.36. The van der Waals surface area contributed by atoms with E-state index in [1.807, 2.05) is 29.2 Å². The van der Waals surface area contributed by atoms with Gasteiger partial charge in [0.1, 0.15) is 5.82 Å². The number of aromatic amines is 2. The number of benzene rings is 1. The number of H-pyrrole nitrogens is 2. The number of aromatic nitrogens is 3. The molecule has 1 amide bonds. The minimum absolute atomic E-state index is 0.0999. The number of nitrogens with zero attached hydrogens (tertiary/aromatic N) is 2. The number of amides is 1. The van der Waals surface area contributed by atoms with Crippen LogP contribution in [0.3, 0.4) is 0 Å². The summed E-state index contributed by atoms with van der Waals surface area (Å²) < 4.78 is 0. The average Bonchev–Trinajstić information content (AvgIpc) is 2.99. The summed E-state index contributed by atoms with van der Waals surface area (Å²) in [5.41, 5.74) is 1.19. The van der Waals surface area contributed by atoms with Crippen LogP contribution in [0.4, 0.5) is 5.69 Å². The van der Waals surface area contributed by atoms with Crippen molar-refractivity contribution in [3.05, 3.63) is 46.1 Å². The van der Waals surface area contributed by atoms with E-state index >= 15 is 0 Å². The van der Waals surface area contributed by atoms with Gasteiger partial charge in [0.2, 0.25) is 0 Å². The zero-order chi connectivity index (χ0) is 15.4. The van der Waals surface area contributed by atoms with Gasteiger partial charge in [0, 0.05) is 24.3 Å². The summed E-state index contributed by atoms with van der Waals surface area (Å²) in [6, 6.07) is 7.38. The summed E-state index contributed by atoms with van der Waals surface area (Å²) in [7, 11) is 0. The monoisotopic (exact) mass is 301 g/mol. The average molecular weight is 301 g/mol. The van der Waals surface area contributed by atoms with Crippen LogP contribution >= 0.6 is 0 Å². The Morgan fingerprint density at radius 1 is 1.14 bits per heavy atom. The molecule has 2 heterocycles. The minimum Gasteiger partial charge on any atom is -0.378 e. The van der Waals surface area contributed by atoms with Gasteiger partial charge in [-0.25, -0.2) is 9.89 Å². The molecule has 1 fully saturated rings. The molecule has 2 aromatic rings. The Kier molecular flexibility index (Phi) is 4.22. The molecule has 22 heavy (non-hydrogen) atoms. The highest BCUT2D eigenvalue weighted by Crippen LogP contribution is 2.15. The molecule has 7 nitrogen and oxygen atoms in total. The molecule has 0 saturated carbocycles. The number of anilines is 1. The molecule has 3 N–H and O–H groups in total. The number of carbonyl (C=O) groups is 1. The van der Waals surface area contributed by atoms with Gasteiger partial charge < -0.3 is 10.2 Å². The van der Waals surface area contributed by atoms with Crippen LogP contribution in [-0.2, 0) is 6.54 Å². The maximum Gasteiger partial charge on any atom is 0.361 e. The van der Waals surface area contributed by atoms with Crippen molar-refractivity contribution in [3.8, 4) is 0 Å². The molecule has 0 unspecified atom stereocenters. The lowest BCUT2D eigenvalue weighted by molar-refractivity contribution is 0.0724. The van der Waals surface area contributed by atoms with Crippen molar-refractivity contribution >= 4 is 11.6 Å². The van der Waals surface area contributed by atoms with Crippen LogP contribution in [-0.4, -0.2) is 39.1 Å². The zero-order valence-corrected chi connectivity index (χ0v) is 12.3. The fourth-order valence-corrected chi connectivity index (χ4v) is 2.58. The number of piperidine rings is 1. The third-order valence-corrected chi connectivity index (χ3v) is 3.79. The van der Waals surface area contributed by atoms with E-state index in [1.165, 1.54) is 6.42 Å². The van der Waals surface area contributed by atoms with Crippen LogP contribution in [0.15, 0.2) is 29.1 Å². The van der Waals surface area contributed by atoms with Gasteiger partial charge in [-0.2, -0.15) is 4.98 Å². The van der Waals surface area contributed by atoms with Gasteiger partial charge in [-0.15, -0.1) is 0 Å². The smallest absolute Gasteiger partial charge is 0.361 e. The van der Waals surface area contributed by atoms with Crippen molar-refractivity contribution in [3.63, 3.8) is 0 Å². The van der Waals surface area contributed by atoms with E-state index in [0.717, 1.165) is 31.6 Å². The van der Waals surface area contributed by atoms with E-state index in [2.05, 4.69) is 20.5 Å². The van der Waals surface area contributed by atoms with Crippen molar-refractivity contribution in [2.45, 2.75) is 25.8 Å². The number of rotatable bonds is 4. The van der Waals surface area contributed by atoms with Gasteiger partial charge in [0.25, 0.3) is 5.91 Å². The van der Waals surface area contributed by atoms with Gasteiger partial charge >= 0.3 is 5.69 Å². The van der Waals surface area contributed by atoms with E-state index in [1.54, 1.807) is 0 Å². The first kappa shape index (κ1) is 14.4. The molecule has 0 bridgehead atoms. The molecular formula is C15H19N5O2. The maximum atomic E-state index is 12.3. The van der Waals surface area contributed by atoms with Gasteiger partial charge in [0.15, 0.2) is 0 Å². The van der Waals surface area contributed by atoms with Crippen molar-refractivity contribution in [1.29, 1.82) is 0 Å². The first-order valence-electron chi connectivity index (χ1n) is 7.49. The fourth-order valence-electron chi connectivity index (χ4n) is 2.58. The van der Waals surface area contributed by atoms with Crippen LogP contribution in [0.2, 0.25) is 0 Å². The number of likely N-dealkylation sites (tertiary alicyclic amines) is 1. The summed E-state index contributed by atoms with van der Waals surface area (Å²) >= 11 is 0. The van der Waals surface area contributed by atoms with Crippen molar-refractivity contribution in [1.82, 2.24) is 20.1 Å². The van der Waals surface area contributed by atoms with E-state index < -0.39 is 0 Å². The topological polar surface area (TPSA) is 93.9 Å². The van der Waals surface area contributed by atoms with Crippen molar-refractivity contribution in [2.24, 2.45) is 0 Å². The van der Waals surface area contributed by atoms with Crippen LogP contribution < -0.4 is 11.0 Å². The van der Waals surface area contributed by atoms with Gasteiger partial charge in [-0.05, 0) is 43.5 Å². The summed E-state index contributed by atoms with van der Waals surface area (Å²) in [6.45, 7) is 2.12. The highest BCUT2D eigenvalue weighted by atomic mass is 16.2. The Morgan fingerprint density at radius 3 is 2.50 bits per heavy atom. The molecule has 0 aliphatic carbocycles. The molecular weight excluding hydrogens is 282 g/mol. The quantitative estimate of drug-likeness (QED) is 0.794. The molecule has 1 aliphatic rings. The highest BCUT2D eigenvalue weighted by Gasteiger charge is 2.17. The Morgan fingerprint density at radius 2 is 1.86 bits per heavy atom. The van der Waals surface area contributed by atoms with Crippen LogP contribution in [0.1, 0.15) is 35.4 Å². The second-order valence-electron chi connectivity index (χ2n) is 5.40. The summed E-state index contributed by atoms with van der Waals surface area (Å²) in [5, 5.41) is 8.20. The molecule has 0 spiro atoms. The minimum atomic E-state index is -0.390. The standard InChI is InChI=1S/C15H19N5O2/c21-14(20-8-2-1-3-9-20)11-4-6-12(7-5-11)16-10-13-17-15(22)19-18-13/h4-7,16H,1-3,8-10H2,(H2,17,18,19,22). The number of nitrogens with one attached hydrogen (secondary N) is 3. The van der Waals surface area contributed by atoms with Gasteiger partial charge in [-0.3, -0.25) is 9.89 Å². The van der Waals surface area contributed by atoms with Gasteiger partial charge in [-0.1, -0.05) is 0 Å². The lowest BCUT2D eigenvalue weighted by atomic mass is 10.1. The first-order chi connectivity index (χ1) is 10.7.